The Hall–Kier alpha value is -3.26. The topological polar surface area (TPSA) is 88.0 Å². The number of aromatic nitrogens is 2. The first-order chi connectivity index (χ1) is 13.0. The molecule has 1 aromatic heterocycles. The lowest BCUT2D eigenvalue weighted by Crippen LogP contribution is -2.46. The number of hydrazine groups is 1. The van der Waals surface area contributed by atoms with Crippen LogP contribution in [-0.2, 0) is 11.3 Å². The number of fused-ring (bicyclic) bond motifs is 1. The molecule has 0 spiro atoms. The third-order valence-corrected chi connectivity index (χ3v) is 4.42. The van der Waals surface area contributed by atoms with Crippen LogP contribution in [0.15, 0.2) is 53.6 Å². The average Bonchev–Trinajstić information content (AvgIpc) is 2.66. The second-order valence-corrected chi connectivity index (χ2v) is 6.48. The van der Waals surface area contributed by atoms with Crippen LogP contribution in [0.3, 0.4) is 0 Å². The van der Waals surface area contributed by atoms with Crippen molar-refractivity contribution in [3.63, 3.8) is 0 Å². The lowest BCUT2D eigenvalue weighted by atomic mass is 10.1. The van der Waals surface area contributed by atoms with Gasteiger partial charge in [-0.15, -0.1) is 0 Å². The predicted octanol–water partition coefficient (Wildman–Crippen LogP) is 2.03. The highest BCUT2D eigenvalue weighted by molar-refractivity contribution is 7.80. The van der Waals surface area contributed by atoms with Crippen LogP contribution in [0.25, 0.3) is 10.9 Å². The lowest BCUT2D eigenvalue weighted by Gasteiger charge is -2.14. The number of para-hydroxylation sites is 1. The molecule has 0 saturated heterocycles. The van der Waals surface area contributed by atoms with Crippen LogP contribution in [0.2, 0.25) is 0 Å². The van der Waals surface area contributed by atoms with Gasteiger partial charge >= 0.3 is 0 Å². The number of rotatable bonds is 3. The van der Waals surface area contributed by atoms with Crippen molar-refractivity contribution in [2.24, 2.45) is 0 Å². The smallest absolute Gasteiger partial charge is 0.261 e. The first-order valence-electron chi connectivity index (χ1n) is 8.32. The minimum absolute atomic E-state index is 0.171. The Kier molecular flexibility index (Phi) is 5.46. The van der Waals surface area contributed by atoms with Gasteiger partial charge in [-0.3, -0.25) is 25.0 Å². The first kappa shape index (κ1) is 18.5. The summed E-state index contributed by atoms with van der Waals surface area (Å²) in [6.45, 7) is 3.82. The molecular weight excluding hydrogens is 362 g/mol. The molecule has 0 unspecified atom stereocenters. The van der Waals surface area contributed by atoms with Gasteiger partial charge < -0.3 is 5.32 Å². The van der Waals surface area contributed by atoms with E-state index in [0.717, 1.165) is 16.8 Å². The Balaban J connectivity index is 1.60. The van der Waals surface area contributed by atoms with Crippen molar-refractivity contribution in [3.05, 3.63) is 70.3 Å². The van der Waals surface area contributed by atoms with Crippen LogP contribution >= 0.6 is 12.2 Å². The van der Waals surface area contributed by atoms with Gasteiger partial charge in [0.2, 0.25) is 0 Å². The average molecular weight is 381 g/mol. The summed E-state index contributed by atoms with van der Waals surface area (Å²) in [7, 11) is 0. The van der Waals surface area contributed by atoms with E-state index in [1.807, 2.05) is 32.0 Å². The lowest BCUT2D eigenvalue weighted by molar-refractivity contribution is -0.122. The second-order valence-electron chi connectivity index (χ2n) is 6.07. The van der Waals surface area contributed by atoms with Gasteiger partial charge in [-0.25, -0.2) is 4.98 Å². The molecule has 0 atom stereocenters. The molecule has 1 heterocycles. The number of amides is 1. The standard InChI is InChI=1S/C19H19N5O2S/c1-12-6-5-9-15(13(12)2)21-19(27)23-22-17(25)10-24-11-20-16-8-4-3-7-14(16)18(24)26/h3-9,11H,10H2,1-2H3,(H,22,25)(H2,21,23,27). The molecule has 0 bridgehead atoms. The highest BCUT2D eigenvalue weighted by atomic mass is 32.1. The molecule has 0 radical (unpaired) electrons. The summed E-state index contributed by atoms with van der Waals surface area (Å²) in [6, 6.07) is 12.8. The fraction of sp³-hybridized carbons (Fsp3) is 0.158. The van der Waals surface area contributed by atoms with E-state index in [4.69, 9.17) is 12.2 Å². The zero-order valence-corrected chi connectivity index (χ0v) is 15.8. The van der Waals surface area contributed by atoms with Crippen LogP contribution < -0.4 is 21.7 Å². The Labute approximate surface area is 161 Å². The van der Waals surface area contributed by atoms with Crippen LogP contribution in [0.4, 0.5) is 5.69 Å². The number of benzene rings is 2. The summed E-state index contributed by atoms with van der Waals surface area (Å²) in [5, 5.41) is 3.75. The SMILES string of the molecule is Cc1cccc(NC(=S)NNC(=O)Cn2cnc3ccccc3c2=O)c1C. The van der Waals surface area contributed by atoms with Gasteiger partial charge in [0, 0.05) is 5.69 Å². The highest BCUT2D eigenvalue weighted by Gasteiger charge is 2.09. The molecular formula is C19H19N5O2S. The summed E-state index contributed by atoms with van der Waals surface area (Å²) < 4.78 is 1.25. The Bertz CT molecular complexity index is 1080. The molecule has 1 amide bonds. The maximum Gasteiger partial charge on any atom is 0.261 e. The number of hydrogen-bond donors (Lipinski definition) is 3. The highest BCUT2D eigenvalue weighted by Crippen LogP contribution is 2.17. The Morgan fingerprint density at radius 1 is 1.11 bits per heavy atom. The van der Waals surface area contributed by atoms with Crippen molar-refractivity contribution >= 4 is 39.8 Å². The van der Waals surface area contributed by atoms with Crippen LogP contribution in [0.1, 0.15) is 11.1 Å². The van der Waals surface area contributed by atoms with Gasteiger partial charge in [-0.05, 0) is 55.4 Å². The molecule has 3 rings (SSSR count). The van der Waals surface area contributed by atoms with Crippen molar-refractivity contribution in [2.75, 3.05) is 5.32 Å². The van der Waals surface area contributed by atoms with Crippen molar-refractivity contribution in [1.82, 2.24) is 20.4 Å². The minimum Gasteiger partial charge on any atom is -0.331 e. The molecule has 0 aliphatic heterocycles. The molecule has 7 nitrogen and oxygen atoms in total. The monoisotopic (exact) mass is 381 g/mol. The number of hydrogen-bond acceptors (Lipinski definition) is 4. The molecule has 138 valence electrons. The van der Waals surface area contributed by atoms with E-state index in [-0.39, 0.29) is 17.2 Å². The molecule has 0 saturated carbocycles. The number of aryl methyl sites for hydroxylation is 1. The summed E-state index contributed by atoms with van der Waals surface area (Å²) >= 11 is 5.19. The number of carbonyl (C=O) groups excluding carboxylic acids is 1. The summed E-state index contributed by atoms with van der Waals surface area (Å²) in [5.41, 5.74) is 8.51. The van der Waals surface area contributed by atoms with E-state index in [0.29, 0.717) is 10.9 Å². The van der Waals surface area contributed by atoms with E-state index < -0.39 is 5.91 Å². The maximum atomic E-state index is 12.4. The largest absolute Gasteiger partial charge is 0.331 e. The Morgan fingerprint density at radius 2 is 1.89 bits per heavy atom. The van der Waals surface area contributed by atoms with E-state index in [9.17, 15) is 9.59 Å². The number of carbonyl (C=O) groups is 1. The van der Waals surface area contributed by atoms with Gasteiger partial charge in [0.15, 0.2) is 5.11 Å². The number of nitrogens with zero attached hydrogens (tertiary/aromatic N) is 2. The normalized spacial score (nSPS) is 10.4. The fourth-order valence-electron chi connectivity index (χ4n) is 2.58. The number of thiocarbonyl (C=S) groups is 1. The third-order valence-electron chi connectivity index (χ3n) is 4.21. The number of nitrogens with one attached hydrogen (secondary N) is 3. The van der Waals surface area contributed by atoms with Crippen molar-refractivity contribution < 1.29 is 4.79 Å². The van der Waals surface area contributed by atoms with Crippen LogP contribution in [0, 0.1) is 13.8 Å². The summed E-state index contributed by atoms with van der Waals surface area (Å²) in [5.74, 6) is -0.417. The number of anilines is 1. The zero-order valence-electron chi connectivity index (χ0n) is 14.9. The predicted molar refractivity (Wildman–Crippen MR) is 109 cm³/mol. The van der Waals surface area contributed by atoms with E-state index in [2.05, 4.69) is 21.2 Å². The van der Waals surface area contributed by atoms with E-state index in [1.165, 1.54) is 10.9 Å². The quantitative estimate of drug-likeness (QED) is 0.475. The van der Waals surface area contributed by atoms with Crippen LogP contribution in [0.5, 0.6) is 0 Å². The van der Waals surface area contributed by atoms with Crippen molar-refractivity contribution in [2.45, 2.75) is 20.4 Å². The van der Waals surface area contributed by atoms with Gasteiger partial charge in [0.25, 0.3) is 11.5 Å². The third kappa shape index (κ3) is 4.29. The minimum atomic E-state index is -0.417. The van der Waals surface area contributed by atoms with Crippen LogP contribution in [-0.4, -0.2) is 20.6 Å². The van der Waals surface area contributed by atoms with Gasteiger partial charge in [0.05, 0.1) is 17.2 Å². The molecule has 2 aromatic carbocycles. The van der Waals surface area contributed by atoms with Gasteiger partial charge in [-0.1, -0.05) is 24.3 Å². The maximum absolute atomic E-state index is 12.4. The van der Waals surface area contributed by atoms with Crippen molar-refractivity contribution in [3.8, 4) is 0 Å². The second kappa shape index (κ2) is 7.96. The molecule has 0 aliphatic rings. The van der Waals surface area contributed by atoms with Crippen molar-refractivity contribution in [1.29, 1.82) is 0 Å². The molecule has 8 heteroatoms. The van der Waals surface area contributed by atoms with E-state index >= 15 is 0 Å². The Morgan fingerprint density at radius 3 is 2.70 bits per heavy atom. The zero-order chi connectivity index (χ0) is 19.4. The molecule has 3 aromatic rings. The molecule has 3 N–H and O–H groups in total. The summed E-state index contributed by atoms with van der Waals surface area (Å²) in [6.07, 6.45) is 1.36. The van der Waals surface area contributed by atoms with E-state index in [1.54, 1.807) is 24.3 Å². The first-order valence-corrected chi connectivity index (χ1v) is 8.73. The molecule has 0 fully saturated rings. The molecule has 27 heavy (non-hydrogen) atoms. The van der Waals surface area contributed by atoms with Gasteiger partial charge in [0.1, 0.15) is 6.54 Å². The fourth-order valence-corrected chi connectivity index (χ4v) is 2.74. The van der Waals surface area contributed by atoms with Gasteiger partial charge in [-0.2, -0.15) is 0 Å². The summed E-state index contributed by atoms with van der Waals surface area (Å²) in [4.78, 5) is 28.7. The molecule has 0 aliphatic carbocycles.